The number of aryl methyl sites for hydroxylation is 2. The van der Waals surface area contributed by atoms with Crippen molar-refractivity contribution in [3.05, 3.63) is 64.6 Å². The van der Waals surface area contributed by atoms with Gasteiger partial charge in [0, 0.05) is 42.6 Å². The minimum Gasteiger partial charge on any atom is -0.399 e. The number of nitrogens with zero attached hydrogens (tertiary/aromatic N) is 4. The second kappa shape index (κ2) is 8.87. The number of nitrogen functional groups attached to an aromatic ring is 1. The molecule has 36 heavy (non-hydrogen) atoms. The number of rotatable bonds is 4. The van der Waals surface area contributed by atoms with E-state index >= 15 is 0 Å². The molecule has 1 aromatic heterocycles. The fourth-order valence-electron chi connectivity index (χ4n) is 5.28. The van der Waals surface area contributed by atoms with Crippen LogP contribution >= 0.6 is 0 Å². The summed E-state index contributed by atoms with van der Waals surface area (Å²) in [5.74, 6) is 1.24. The molecule has 2 aliphatic rings. The van der Waals surface area contributed by atoms with E-state index in [0.29, 0.717) is 17.2 Å². The summed E-state index contributed by atoms with van der Waals surface area (Å²) in [6.07, 6.45) is -1.44. The molecule has 2 aromatic carbocycles. The quantitative estimate of drug-likeness (QED) is 0.467. The van der Waals surface area contributed by atoms with Crippen molar-refractivity contribution in [2.24, 2.45) is 0 Å². The van der Waals surface area contributed by atoms with Crippen molar-refractivity contribution in [2.75, 3.05) is 42.6 Å². The molecule has 5 rings (SSSR count). The van der Waals surface area contributed by atoms with Crippen molar-refractivity contribution in [2.45, 2.75) is 45.3 Å². The lowest BCUT2D eigenvalue weighted by atomic mass is 10.0. The Hall–Kier alpha value is -3.49. The Bertz CT molecular complexity index is 1350. The maximum absolute atomic E-state index is 13.4. The maximum Gasteiger partial charge on any atom is 0.416 e. The van der Waals surface area contributed by atoms with E-state index in [0.717, 1.165) is 67.6 Å². The van der Waals surface area contributed by atoms with Gasteiger partial charge in [0.15, 0.2) is 0 Å². The standard InChI is InChI=1S/C27H31F3N6/c1-15-14-36(9-8-35(15)4)24-13-23-25(22-7-5-6-21(22)24)33-17(3)34-26(23)32-16(2)18-10-19(27(28,29)30)12-20(31)11-18/h10-13,16H,1,5-9,14,31H2,2-4H3,(H,32,33,34)/t16-/m1/s1. The van der Waals surface area contributed by atoms with Gasteiger partial charge in [-0.05, 0) is 74.1 Å². The highest BCUT2D eigenvalue weighted by atomic mass is 19.4. The number of anilines is 3. The van der Waals surface area contributed by atoms with Crippen LogP contribution in [-0.2, 0) is 19.0 Å². The van der Waals surface area contributed by atoms with Gasteiger partial charge in [0.05, 0.1) is 23.7 Å². The lowest BCUT2D eigenvalue weighted by Crippen LogP contribution is -2.43. The zero-order valence-corrected chi connectivity index (χ0v) is 20.8. The molecule has 1 aliphatic carbocycles. The van der Waals surface area contributed by atoms with Crippen LogP contribution in [0.25, 0.3) is 10.9 Å². The van der Waals surface area contributed by atoms with Gasteiger partial charge >= 0.3 is 6.18 Å². The second-order valence-electron chi connectivity index (χ2n) is 9.88. The SMILES string of the molecule is C=C1CN(c2cc3c(N[C@H](C)c4cc(N)cc(C(F)(F)F)c4)nc(C)nc3c3c2CCC3)CCN1C. The molecule has 190 valence electrons. The lowest BCUT2D eigenvalue weighted by molar-refractivity contribution is -0.137. The van der Waals surface area contributed by atoms with Crippen LogP contribution in [0.4, 0.5) is 30.4 Å². The van der Waals surface area contributed by atoms with Crippen LogP contribution in [0.15, 0.2) is 36.5 Å². The van der Waals surface area contributed by atoms with E-state index < -0.39 is 17.8 Å². The average Bonchev–Trinajstić information content (AvgIpc) is 3.30. The van der Waals surface area contributed by atoms with Crippen LogP contribution in [0, 0.1) is 6.92 Å². The van der Waals surface area contributed by atoms with E-state index in [1.54, 1.807) is 6.07 Å². The normalized spacial score (nSPS) is 17.0. The minimum atomic E-state index is -4.47. The highest BCUT2D eigenvalue weighted by Gasteiger charge is 2.32. The first-order valence-corrected chi connectivity index (χ1v) is 12.2. The van der Waals surface area contributed by atoms with E-state index in [-0.39, 0.29) is 5.69 Å². The molecule has 1 aliphatic heterocycles. The summed E-state index contributed by atoms with van der Waals surface area (Å²) in [5, 5.41) is 4.25. The third-order valence-electron chi connectivity index (χ3n) is 7.27. The number of nitrogens with one attached hydrogen (secondary N) is 1. The van der Waals surface area contributed by atoms with Crippen LogP contribution in [0.5, 0.6) is 0 Å². The first-order valence-electron chi connectivity index (χ1n) is 12.2. The smallest absolute Gasteiger partial charge is 0.399 e. The predicted octanol–water partition coefficient (Wildman–Crippen LogP) is 5.47. The van der Waals surface area contributed by atoms with Gasteiger partial charge in [0.25, 0.3) is 0 Å². The van der Waals surface area contributed by atoms with Gasteiger partial charge in [-0.25, -0.2) is 9.97 Å². The molecule has 9 heteroatoms. The molecule has 0 spiro atoms. The van der Waals surface area contributed by atoms with E-state index in [9.17, 15) is 13.2 Å². The maximum atomic E-state index is 13.4. The molecule has 3 N–H and O–H groups in total. The van der Waals surface area contributed by atoms with E-state index in [1.165, 1.54) is 16.8 Å². The molecular formula is C27H31F3N6. The van der Waals surface area contributed by atoms with Gasteiger partial charge in [-0.15, -0.1) is 0 Å². The fourth-order valence-corrected chi connectivity index (χ4v) is 5.28. The number of aromatic nitrogens is 2. The zero-order chi connectivity index (χ0) is 25.8. The average molecular weight is 497 g/mol. The van der Waals surface area contributed by atoms with Gasteiger partial charge in [0.1, 0.15) is 11.6 Å². The third-order valence-corrected chi connectivity index (χ3v) is 7.27. The van der Waals surface area contributed by atoms with Crippen LogP contribution in [0.3, 0.4) is 0 Å². The van der Waals surface area contributed by atoms with Crippen molar-refractivity contribution >= 4 is 28.1 Å². The molecule has 6 nitrogen and oxygen atoms in total. The number of piperazine rings is 1. The van der Waals surface area contributed by atoms with E-state index in [1.807, 2.05) is 13.8 Å². The van der Waals surface area contributed by atoms with Crippen molar-refractivity contribution in [3.8, 4) is 0 Å². The van der Waals surface area contributed by atoms with Crippen molar-refractivity contribution in [1.29, 1.82) is 0 Å². The van der Waals surface area contributed by atoms with Crippen LogP contribution in [-0.4, -0.2) is 41.5 Å². The zero-order valence-electron chi connectivity index (χ0n) is 20.8. The molecule has 1 fully saturated rings. The molecule has 3 aromatic rings. The number of alkyl halides is 3. The number of benzene rings is 2. The highest BCUT2D eigenvalue weighted by molar-refractivity contribution is 5.96. The van der Waals surface area contributed by atoms with Crippen molar-refractivity contribution < 1.29 is 13.2 Å². The van der Waals surface area contributed by atoms with Gasteiger partial charge in [-0.3, -0.25) is 0 Å². The minimum absolute atomic E-state index is 0.0765. The number of likely N-dealkylation sites (N-methyl/N-ethyl adjacent to an activating group) is 1. The molecular weight excluding hydrogens is 465 g/mol. The van der Waals surface area contributed by atoms with Gasteiger partial charge in [-0.1, -0.05) is 6.58 Å². The molecule has 2 heterocycles. The van der Waals surface area contributed by atoms with Crippen LogP contribution in [0.2, 0.25) is 0 Å². The highest BCUT2D eigenvalue weighted by Crippen LogP contribution is 2.40. The Balaban J connectivity index is 1.58. The Morgan fingerprint density at radius 2 is 1.83 bits per heavy atom. The second-order valence-corrected chi connectivity index (χ2v) is 9.88. The van der Waals surface area contributed by atoms with Gasteiger partial charge < -0.3 is 20.9 Å². The summed E-state index contributed by atoms with van der Waals surface area (Å²) in [5.41, 5.74) is 11.3. The Morgan fingerprint density at radius 1 is 1.08 bits per heavy atom. The topological polar surface area (TPSA) is 70.3 Å². The fraction of sp³-hybridized carbons (Fsp3) is 0.407. The number of halogens is 3. The first kappa shape index (κ1) is 24.2. The molecule has 0 amide bonds. The largest absolute Gasteiger partial charge is 0.416 e. The predicted molar refractivity (Wildman–Crippen MR) is 138 cm³/mol. The van der Waals surface area contributed by atoms with Crippen molar-refractivity contribution in [1.82, 2.24) is 14.9 Å². The lowest BCUT2D eigenvalue weighted by Gasteiger charge is -2.38. The summed E-state index contributed by atoms with van der Waals surface area (Å²) < 4.78 is 40.2. The summed E-state index contributed by atoms with van der Waals surface area (Å²) >= 11 is 0. The molecule has 0 saturated carbocycles. The van der Waals surface area contributed by atoms with Crippen LogP contribution in [0.1, 0.15) is 47.5 Å². The molecule has 0 bridgehead atoms. The third kappa shape index (κ3) is 4.42. The van der Waals surface area contributed by atoms with E-state index in [2.05, 4.69) is 39.8 Å². The van der Waals surface area contributed by atoms with Gasteiger partial charge in [-0.2, -0.15) is 13.2 Å². The summed E-state index contributed by atoms with van der Waals surface area (Å²) in [7, 11) is 2.06. The number of hydrogen-bond donors (Lipinski definition) is 2. The molecule has 1 atom stereocenters. The molecule has 0 unspecified atom stereocenters. The molecule has 1 saturated heterocycles. The Kier molecular flexibility index (Phi) is 5.97. The first-order chi connectivity index (χ1) is 17.0. The molecule has 0 radical (unpaired) electrons. The van der Waals surface area contributed by atoms with Crippen LogP contribution < -0.4 is 16.0 Å². The van der Waals surface area contributed by atoms with Gasteiger partial charge in [0.2, 0.25) is 0 Å². The summed E-state index contributed by atoms with van der Waals surface area (Å²) in [6, 6.07) is 5.37. The van der Waals surface area contributed by atoms with Crippen molar-refractivity contribution in [3.63, 3.8) is 0 Å². The number of hydrogen-bond acceptors (Lipinski definition) is 6. The monoisotopic (exact) mass is 496 g/mol. The van der Waals surface area contributed by atoms with E-state index in [4.69, 9.17) is 10.7 Å². The summed E-state index contributed by atoms with van der Waals surface area (Å²) in [6.45, 7) is 10.4. The number of fused-ring (bicyclic) bond motifs is 3. The summed E-state index contributed by atoms with van der Waals surface area (Å²) in [4.78, 5) is 14.0. The Labute approximate surface area is 209 Å². The Morgan fingerprint density at radius 3 is 2.56 bits per heavy atom. The number of nitrogens with two attached hydrogens (primary N) is 1.